The van der Waals surface area contributed by atoms with E-state index in [0.29, 0.717) is 29.1 Å². The largest absolute Gasteiger partial charge is 0.465 e. The van der Waals surface area contributed by atoms with Gasteiger partial charge in [-0.25, -0.2) is 4.79 Å². The number of fused-ring (bicyclic) bond motifs is 1. The van der Waals surface area contributed by atoms with Gasteiger partial charge < -0.3 is 15.0 Å². The van der Waals surface area contributed by atoms with E-state index in [0.717, 1.165) is 16.5 Å². The van der Waals surface area contributed by atoms with Gasteiger partial charge in [-0.3, -0.25) is 4.79 Å². The summed E-state index contributed by atoms with van der Waals surface area (Å²) in [6.07, 6.45) is 2.83. The first kappa shape index (κ1) is 17.0. The fourth-order valence-corrected chi connectivity index (χ4v) is 2.83. The van der Waals surface area contributed by atoms with Gasteiger partial charge in [0.2, 0.25) is 5.91 Å². The molecule has 1 aromatic heterocycles. The summed E-state index contributed by atoms with van der Waals surface area (Å²) in [5.41, 5.74) is 2.86. The molecule has 0 aliphatic rings. The molecule has 0 saturated heterocycles. The Morgan fingerprint density at radius 1 is 1.20 bits per heavy atom. The quantitative estimate of drug-likeness (QED) is 0.674. The Labute approximate surface area is 149 Å². The lowest BCUT2D eigenvalue weighted by Crippen LogP contribution is -2.13. The zero-order chi connectivity index (χ0) is 17.8. The Morgan fingerprint density at radius 3 is 2.80 bits per heavy atom. The SMILES string of the molecule is COC(=O)c1ccc(Cl)c(NC(=O)CCc2c[nH]c3ccccc23)c1. The number of methoxy groups -OCH3 is 1. The number of aromatic nitrogens is 1. The minimum absolute atomic E-state index is 0.172. The summed E-state index contributed by atoms with van der Waals surface area (Å²) in [6.45, 7) is 0. The van der Waals surface area contributed by atoms with E-state index in [9.17, 15) is 9.59 Å². The first-order chi connectivity index (χ1) is 12.1. The van der Waals surface area contributed by atoms with Crippen molar-refractivity contribution in [3.63, 3.8) is 0 Å². The number of esters is 1. The molecular formula is C19H17ClN2O3. The van der Waals surface area contributed by atoms with Gasteiger partial charge in [0.05, 0.1) is 23.4 Å². The number of ether oxygens (including phenoxy) is 1. The number of H-pyrrole nitrogens is 1. The lowest BCUT2D eigenvalue weighted by Gasteiger charge is -2.09. The van der Waals surface area contributed by atoms with Gasteiger partial charge in [-0.15, -0.1) is 0 Å². The van der Waals surface area contributed by atoms with Crippen molar-refractivity contribution < 1.29 is 14.3 Å². The van der Waals surface area contributed by atoms with E-state index < -0.39 is 5.97 Å². The molecule has 0 radical (unpaired) electrons. The Hall–Kier alpha value is -2.79. The molecule has 3 rings (SSSR count). The highest BCUT2D eigenvalue weighted by Gasteiger charge is 2.12. The van der Waals surface area contributed by atoms with E-state index in [1.165, 1.54) is 13.2 Å². The topological polar surface area (TPSA) is 71.2 Å². The van der Waals surface area contributed by atoms with Crippen molar-refractivity contribution in [2.24, 2.45) is 0 Å². The molecule has 25 heavy (non-hydrogen) atoms. The lowest BCUT2D eigenvalue weighted by atomic mass is 10.1. The van der Waals surface area contributed by atoms with E-state index in [1.54, 1.807) is 12.1 Å². The minimum Gasteiger partial charge on any atom is -0.465 e. The summed E-state index contributed by atoms with van der Waals surface area (Å²) in [7, 11) is 1.30. The molecule has 1 amide bonds. The number of benzene rings is 2. The molecule has 0 spiro atoms. The molecular weight excluding hydrogens is 340 g/mol. The summed E-state index contributed by atoms with van der Waals surface area (Å²) >= 11 is 6.09. The Bertz CT molecular complexity index is 933. The molecule has 0 atom stereocenters. The van der Waals surface area contributed by atoms with Crippen LogP contribution in [0.15, 0.2) is 48.7 Å². The van der Waals surface area contributed by atoms with E-state index in [1.807, 2.05) is 30.5 Å². The highest BCUT2D eigenvalue weighted by atomic mass is 35.5. The number of halogens is 1. The molecule has 0 saturated carbocycles. The summed E-state index contributed by atoms with van der Waals surface area (Å²) in [4.78, 5) is 27.0. The normalized spacial score (nSPS) is 10.6. The van der Waals surface area contributed by atoms with Crippen LogP contribution in [0, 0.1) is 0 Å². The number of amides is 1. The van der Waals surface area contributed by atoms with Crippen LogP contribution in [0.25, 0.3) is 10.9 Å². The predicted octanol–water partition coefficient (Wildman–Crippen LogP) is 4.18. The standard InChI is InChI=1S/C19H17ClN2O3/c1-25-19(24)12-6-8-15(20)17(10-12)22-18(23)9-7-13-11-21-16-5-3-2-4-14(13)16/h2-6,8,10-11,21H,7,9H2,1H3,(H,22,23). The second kappa shape index (κ2) is 7.40. The molecule has 128 valence electrons. The number of nitrogens with one attached hydrogen (secondary N) is 2. The molecule has 5 nitrogen and oxygen atoms in total. The number of aryl methyl sites for hydroxylation is 1. The van der Waals surface area contributed by atoms with Crippen LogP contribution in [0.5, 0.6) is 0 Å². The van der Waals surface area contributed by atoms with Gasteiger partial charge in [0, 0.05) is 23.5 Å². The van der Waals surface area contributed by atoms with Crippen molar-refractivity contribution in [1.82, 2.24) is 4.98 Å². The van der Waals surface area contributed by atoms with Crippen LogP contribution in [-0.2, 0) is 16.0 Å². The molecule has 3 aromatic rings. The third kappa shape index (κ3) is 3.83. The van der Waals surface area contributed by atoms with Crippen molar-refractivity contribution in [2.75, 3.05) is 12.4 Å². The van der Waals surface area contributed by atoms with Crippen molar-refractivity contribution in [1.29, 1.82) is 0 Å². The van der Waals surface area contributed by atoms with Gasteiger partial charge >= 0.3 is 5.97 Å². The monoisotopic (exact) mass is 356 g/mol. The average Bonchev–Trinajstić information content (AvgIpc) is 3.04. The Morgan fingerprint density at radius 2 is 2.00 bits per heavy atom. The van der Waals surface area contributed by atoms with Crippen LogP contribution >= 0.6 is 11.6 Å². The van der Waals surface area contributed by atoms with Crippen LogP contribution in [0.1, 0.15) is 22.3 Å². The molecule has 6 heteroatoms. The fraction of sp³-hybridized carbons (Fsp3) is 0.158. The van der Waals surface area contributed by atoms with Gasteiger partial charge in [-0.05, 0) is 36.2 Å². The van der Waals surface area contributed by atoms with Crippen LogP contribution < -0.4 is 5.32 Å². The first-order valence-corrected chi connectivity index (χ1v) is 8.19. The number of hydrogen-bond donors (Lipinski definition) is 2. The number of hydrogen-bond acceptors (Lipinski definition) is 3. The number of carbonyl (C=O) groups excluding carboxylic acids is 2. The third-order valence-electron chi connectivity index (χ3n) is 3.96. The van der Waals surface area contributed by atoms with Crippen molar-refractivity contribution in [3.05, 3.63) is 64.8 Å². The summed E-state index contributed by atoms with van der Waals surface area (Å²) in [5.74, 6) is -0.653. The molecule has 0 bridgehead atoms. The second-order valence-corrected chi connectivity index (χ2v) is 6.00. The zero-order valence-electron chi connectivity index (χ0n) is 13.6. The number of aromatic amines is 1. The van der Waals surface area contributed by atoms with Crippen molar-refractivity contribution in [3.8, 4) is 0 Å². The van der Waals surface area contributed by atoms with Gasteiger partial charge in [0.15, 0.2) is 0 Å². The van der Waals surface area contributed by atoms with Crippen LogP contribution in [-0.4, -0.2) is 24.0 Å². The number of para-hydroxylation sites is 1. The minimum atomic E-state index is -0.481. The lowest BCUT2D eigenvalue weighted by molar-refractivity contribution is -0.116. The van der Waals surface area contributed by atoms with E-state index in [2.05, 4.69) is 15.0 Å². The van der Waals surface area contributed by atoms with E-state index in [4.69, 9.17) is 11.6 Å². The molecule has 2 N–H and O–H groups in total. The number of carbonyl (C=O) groups is 2. The van der Waals surface area contributed by atoms with Gasteiger partial charge in [-0.1, -0.05) is 29.8 Å². The van der Waals surface area contributed by atoms with E-state index in [-0.39, 0.29) is 5.91 Å². The number of rotatable bonds is 5. The van der Waals surface area contributed by atoms with Crippen molar-refractivity contribution in [2.45, 2.75) is 12.8 Å². The highest BCUT2D eigenvalue weighted by molar-refractivity contribution is 6.33. The average molecular weight is 357 g/mol. The molecule has 0 unspecified atom stereocenters. The van der Waals surface area contributed by atoms with Crippen LogP contribution in [0.3, 0.4) is 0 Å². The fourth-order valence-electron chi connectivity index (χ4n) is 2.67. The predicted molar refractivity (Wildman–Crippen MR) is 98.0 cm³/mol. The molecule has 1 heterocycles. The summed E-state index contributed by atoms with van der Waals surface area (Å²) in [5, 5.41) is 4.23. The van der Waals surface area contributed by atoms with E-state index >= 15 is 0 Å². The molecule has 0 aliphatic carbocycles. The second-order valence-electron chi connectivity index (χ2n) is 5.59. The Kier molecular flexibility index (Phi) is 5.05. The maximum atomic E-state index is 12.3. The number of anilines is 1. The molecule has 2 aromatic carbocycles. The maximum absolute atomic E-state index is 12.3. The molecule has 0 aliphatic heterocycles. The van der Waals surface area contributed by atoms with Crippen LogP contribution in [0.2, 0.25) is 5.02 Å². The third-order valence-corrected chi connectivity index (χ3v) is 4.29. The molecule has 0 fully saturated rings. The van der Waals surface area contributed by atoms with Crippen molar-refractivity contribution >= 4 is 40.1 Å². The summed E-state index contributed by atoms with van der Waals surface area (Å²) in [6, 6.07) is 12.6. The smallest absolute Gasteiger partial charge is 0.337 e. The van der Waals surface area contributed by atoms with Gasteiger partial charge in [-0.2, -0.15) is 0 Å². The first-order valence-electron chi connectivity index (χ1n) is 7.81. The van der Waals surface area contributed by atoms with Crippen LogP contribution in [0.4, 0.5) is 5.69 Å². The highest BCUT2D eigenvalue weighted by Crippen LogP contribution is 2.24. The maximum Gasteiger partial charge on any atom is 0.337 e. The van der Waals surface area contributed by atoms with Gasteiger partial charge in [0.25, 0.3) is 0 Å². The summed E-state index contributed by atoms with van der Waals surface area (Å²) < 4.78 is 4.68. The van der Waals surface area contributed by atoms with Gasteiger partial charge in [0.1, 0.15) is 0 Å². The Balaban J connectivity index is 1.67. The zero-order valence-corrected chi connectivity index (χ0v) is 14.4.